The third kappa shape index (κ3) is 5.13. The van der Waals surface area contributed by atoms with Crippen molar-refractivity contribution in [2.75, 3.05) is 18.5 Å². The van der Waals surface area contributed by atoms with E-state index in [-0.39, 0.29) is 23.8 Å². The largest absolute Gasteiger partial charge is 0.475 e. The van der Waals surface area contributed by atoms with Gasteiger partial charge in [0.2, 0.25) is 11.8 Å². The number of nitrogens with two attached hydrogens (primary N) is 1. The number of likely N-dealkylation sites (tertiary alicyclic amines) is 1. The molecule has 10 nitrogen and oxygen atoms in total. The molecular formula is C29H36N6O4. The van der Waals surface area contributed by atoms with E-state index >= 15 is 0 Å². The highest BCUT2D eigenvalue weighted by Crippen LogP contribution is 2.38. The molecule has 0 spiro atoms. The number of ether oxygens (including phenoxy) is 2. The number of rotatable bonds is 6. The molecule has 2 aliphatic rings. The molecule has 3 aromatic rings. The van der Waals surface area contributed by atoms with Gasteiger partial charge in [-0.25, -0.2) is 19.7 Å². The van der Waals surface area contributed by atoms with Gasteiger partial charge in [-0.05, 0) is 69.7 Å². The summed E-state index contributed by atoms with van der Waals surface area (Å²) in [4.78, 5) is 40.2. The van der Waals surface area contributed by atoms with Gasteiger partial charge in [0, 0.05) is 37.3 Å². The number of hydrogen-bond acceptors (Lipinski definition) is 9. The first-order valence-electron chi connectivity index (χ1n) is 13.3. The predicted octanol–water partition coefficient (Wildman–Crippen LogP) is 4.40. The lowest BCUT2D eigenvalue weighted by Gasteiger charge is -2.36. The van der Waals surface area contributed by atoms with Crippen LogP contribution >= 0.6 is 0 Å². The van der Waals surface area contributed by atoms with Crippen molar-refractivity contribution in [3.63, 3.8) is 0 Å². The van der Waals surface area contributed by atoms with E-state index in [0.29, 0.717) is 35.4 Å². The highest BCUT2D eigenvalue weighted by Gasteiger charge is 2.40. The van der Waals surface area contributed by atoms with Crippen LogP contribution in [-0.2, 0) is 15.1 Å². The van der Waals surface area contributed by atoms with Gasteiger partial charge in [-0.1, -0.05) is 6.92 Å². The fraction of sp³-hybridized carbons (Fsp3) is 0.483. The number of esters is 1. The molecule has 3 N–H and O–H groups in total. The van der Waals surface area contributed by atoms with Gasteiger partial charge in [0.1, 0.15) is 23.8 Å². The van der Waals surface area contributed by atoms with Crippen molar-refractivity contribution in [2.24, 2.45) is 5.73 Å². The van der Waals surface area contributed by atoms with Gasteiger partial charge in [0.15, 0.2) is 0 Å². The Hall–Kier alpha value is -3.79. The Kier molecular flexibility index (Phi) is 6.70. The molecule has 0 unspecified atom stereocenters. The van der Waals surface area contributed by atoms with Crippen LogP contribution in [0, 0.1) is 0 Å². The van der Waals surface area contributed by atoms with E-state index in [2.05, 4.69) is 15.3 Å². The van der Waals surface area contributed by atoms with E-state index in [0.717, 1.165) is 35.7 Å². The van der Waals surface area contributed by atoms with Crippen molar-refractivity contribution in [1.82, 2.24) is 19.9 Å². The van der Waals surface area contributed by atoms with Crippen molar-refractivity contribution in [2.45, 2.75) is 77.5 Å². The van der Waals surface area contributed by atoms with E-state index in [1.807, 2.05) is 45.6 Å². The number of carbonyl (C=O) groups is 2. The first kappa shape index (κ1) is 26.8. The molecule has 2 aliphatic heterocycles. The fourth-order valence-corrected chi connectivity index (χ4v) is 5.30. The Balaban J connectivity index is 1.46. The second-order valence-corrected chi connectivity index (χ2v) is 11.6. The van der Waals surface area contributed by atoms with Crippen LogP contribution in [0.4, 0.5) is 11.6 Å². The normalized spacial score (nSPS) is 20.5. The molecule has 5 rings (SSSR count). The molecule has 39 heavy (non-hydrogen) atoms. The molecule has 2 atom stereocenters. The van der Waals surface area contributed by atoms with Crippen LogP contribution in [0.3, 0.4) is 0 Å². The molecule has 0 aromatic carbocycles. The Morgan fingerprint density at radius 1 is 1.23 bits per heavy atom. The van der Waals surface area contributed by atoms with Crippen molar-refractivity contribution in [3.05, 3.63) is 47.4 Å². The maximum absolute atomic E-state index is 12.5. The summed E-state index contributed by atoms with van der Waals surface area (Å²) in [5.41, 5.74) is 7.21. The Morgan fingerprint density at radius 2 is 2.00 bits per heavy atom. The molecule has 3 aromatic heterocycles. The molecular weight excluding hydrogens is 496 g/mol. The zero-order valence-electron chi connectivity index (χ0n) is 23.4. The van der Waals surface area contributed by atoms with Crippen LogP contribution in [0.25, 0.3) is 10.8 Å². The number of hydrogen-bond donors (Lipinski definition) is 2. The third-order valence-corrected chi connectivity index (χ3v) is 7.83. The second kappa shape index (κ2) is 9.75. The van der Waals surface area contributed by atoms with Crippen LogP contribution < -0.4 is 15.8 Å². The van der Waals surface area contributed by atoms with Crippen LogP contribution in [0.5, 0.6) is 5.88 Å². The lowest BCUT2D eigenvalue weighted by molar-refractivity contribution is -0.130. The fourth-order valence-electron chi connectivity index (χ4n) is 5.30. The molecule has 1 saturated heterocycles. The molecule has 1 fully saturated rings. The maximum atomic E-state index is 12.5. The summed E-state index contributed by atoms with van der Waals surface area (Å²) in [6.45, 7) is 12.3. The van der Waals surface area contributed by atoms with Gasteiger partial charge in [-0.2, -0.15) is 0 Å². The number of fused-ring (bicyclic) bond motifs is 2. The van der Waals surface area contributed by atoms with Crippen molar-refractivity contribution in [3.8, 4) is 5.88 Å². The Morgan fingerprint density at radius 3 is 2.72 bits per heavy atom. The molecule has 10 heteroatoms. The number of aromatic nitrogens is 3. The lowest BCUT2D eigenvalue weighted by Crippen LogP contribution is -2.39. The molecule has 0 bridgehead atoms. The minimum absolute atomic E-state index is 0.0265. The van der Waals surface area contributed by atoms with Gasteiger partial charge in [-0.3, -0.25) is 4.79 Å². The topological polar surface area (TPSA) is 133 Å². The molecule has 0 aliphatic carbocycles. The lowest BCUT2D eigenvalue weighted by atomic mass is 9.84. The van der Waals surface area contributed by atoms with Gasteiger partial charge < -0.3 is 25.4 Å². The number of cyclic esters (lactones) is 1. The Labute approximate surface area is 228 Å². The van der Waals surface area contributed by atoms with Gasteiger partial charge in [0.05, 0.1) is 22.7 Å². The summed E-state index contributed by atoms with van der Waals surface area (Å²) >= 11 is 0. The van der Waals surface area contributed by atoms with Gasteiger partial charge in [0.25, 0.3) is 0 Å². The van der Waals surface area contributed by atoms with Gasteiger partial charge in [-0.15, -0.1) is 0 Å². The average molecular weight is 533 g/mol. The van der Waals surface area contributed by atoms with E-state index in [1.54, 1.807) is 31.5 Å². The summed E-state index contributed by atoms with van der Waals surface area (Å²) < 4.78 is 11.7. The summed E-state index contributed by atoms with van der Waals surface area (Å²) in [6, 6.07) is 5.42. The number of nitrogens with zero attached hydrogens (tertiary/aromatic N) is 4. The number of pyridine rings is 3. The number of amides is 1. The zero-order valence-corrected chi connectivity index (χ0v) is 23.4. The quantitative estimate of drug-likeness (QED) is 0.443. The summed E-state index contributed by atoms with van der Waals surface area (Å²) in [5.74, 6) is 1.21. The van der Waals surface area contributed by atoms with E-state index < -0.39 is 11.1 Å². The monoisotopic (exact) mass is 532 g/mol. The first-order valence-corrected chi connectivity index (χ1v) is 13.3. The summed E-state index contributed by atoms with van der Waals surface area (Å²) in [5, 5.41) is 4.88. The minimum atomic E-state index is -0.662. The van der Waals surface area contributed by atoms with Crippen molar-refractivity contribution >= 4 is 34.3 Å². The van der Waals surface area contributed by atoms with Crippen LogP contribution in [0.1, 0.15) is 81.9 Å². The van der Waals surface area contributed by atoms with Crippen molar-refractivity contribution in [1.29, 1.82) is 0 Å². The standard InChI is InChI=1S/C29H36N6O4/c1-16-25-19(27(37)39-29(16,5)6)9-10-23(34-25)33-24-12-20-21(13-31-24)26(32-14-22(20)28(3,4)30)38-15-18-8-7-11-35(18)17(2)36/h9-10,12-14,16,18H,7-8,11,15,30H2,1-6H3,(H,31,33,34)/t16-,18+/m1/s1. The Bertz CT molecular complexity index is 1450. The number of nitrogens with one attached hydrogen (secondary N) is 1. The van der Waals surface area contributed by atoms with Crippen LogP contribution in [0.2, 0.25) is 0 Å². The second-order valence-electron chi connectivity index (χ2n) is 11.6. The van der Waals surface area contributed by atoms with E-state index in [1.165, 1.54) is 0 Å². The van der Waals surface area contributed by atoms with Gasteiger partial charge >= 0.3 is 5.97 Å². The average Bonchev–Trinajstić information content (AvgIpc) is 3.34. The third-order valence-electron chi connectivity index (χ3n) is 7.83. The van der Waals surface area contributed by atoms with Crippen LogP contribution in [-0.4, -0.2) is 56.5 Å². The number of anilines is 2. The zero-order chi connectivity index (χ0) is 28.1. The highest BCUT2D eigenvalue weighted by molar-refractivity contribution is 5.93. The summed E-state index contributed by atoms with van der Waals surface area (Å²) in [6.07, 6.45) is 5.32. The predicted molar refractivity (Wildman–Crippen MR) is 148 cm³/mol. The number of carbonyl (C=O) groups excluding carboxylic acids is 2. The molecule has 0 saturated carbocycles. The SMILES string of the molecule is CC(=O)N1CCC[C@H]1COc1ncc(C(C)(C)N)c2cc(Nc3ccc4c(n3)[C@@H](C)C(C)(C)OC4=O)ncc12. The molecule has 0 radical (unpaired) electrons. The molecule has 1 amide bonds. The first-order chi connectivity index (χ1) is 18.3. The maximum Gasteiger partial charge on any atom is 0.340 e. The molecule has 5 heterocycles. The van der Waals surface area contributed by atoms with Crippen molar-refractivity contribution < 1.29 is 19.1 Å². The van der Waals surface area contributed by atoms with E-state index in [9.17, 15) is 9.59 Å². The highest BCUT2D eigenvalue weighted by atomic mass is 16.6. The summed E-state index contributed by atoms with van der Waals surface area (Å²) in [7, 11) is 0. The minimum Gasteiger partial charge on any atom is -0.475 e. The van der Waals surface area contributed by atoms with E-state index in [4.69, 9.17) is 20.2 Å². The molecule has 206 valence electrons. The van der Waals surface area contributed by atoms with Crippen LogP contribution in [0.15, 0.2) is 30.6 Å². The smallest absolute Gasteiger partial charge is 0.340 e.